The average molecular weight is 717 g/mol. The average Bonchev–Trinajstić information content (AvgIpc) is 3.64. The lowest BCUT2D eigenvalue weighted by Crippen LogP contribution is -2.10. The molecule has 0 bridgehead atoms. The molecule has 11 rings (SSSR count). The molecule has 0 saturated heterocycles. The zero-order valence-corrected chi connectivity index (χ0v) is 30.7. The summed E-state index contributed by atoms with van der Waals surface area (Å²) in [6, 6.07) is 59.3. The summed E-state index contributed by atoms with van der Waals surface area (Å²) in [7, 11) is 0. The molecule has 0 N–H and O–H groups in total. The molecule has 0 unspecified atom stereocenters. The molecule has 2 aromatic heterocycles. The van der Waals surface area contributed by atoms with Crippen molar-refractivity contribution in [2.75, 3.05) is 4.90 Å². The fraction of sp³-hybridized carbons (Fsp3) is 0.0377. The van der Waals surface area contributed by atoms with E-state index >= 15 is 0 Å². The van der Waals surface area contributed by atoms with Gasteiger partial charge >= 0.3 is 0 Å². The van der Waals surface area contributed by atoms with Crippen molar-refractivity contribution in [2.45, 2.75) is 12.8 Å². The largest absolute Gasteiger partial charge is 0.454 e. The molecule has 1 aliphatic carbocycles. The molecule has 0 fully saturated rings. The molecular formula is C53H36N2O. The number of aromatic nitrogens is 1. The van der Waals surface area contributed by atoms with Crippen molar-refractivity contribution in [1.82, 2.24) is 4.98 Å². The summed E-state index contributed by atoms with van der Waals surface area (Å²) in [4.78, 5) is 7.08. The first-order valence-electron chi connectivity index (χ1n) is 19.3. The Balaban J connectivity index is 1.08. The highest BCUT2D eigenvalue weighted by molar-refractivity contribution is 6.16. The molecule has 0 spiro atoms. The van der Waals surface area contributed by atoms with E-state index in [0.717, 1.165) is 57.2 Å². The van der Waals surface area contributed by atoms with Gasteiger partial charge in [-0.15, -0.1) is 0 Å². The number of allylic oxidation sites excluding steroid dienone is 4. The van der Waals surface area contributed by atoms with Crippen molar-refractivity contribution >= 4 is 76.9 Å². The summed E-state index contributed by atoms with van der Waals surface area (Å²) >= 11 is 0. The van der Waals surface area contributed by atoms with Gasteiger partial charge in [0, 0.05) is 16.8 Å². The number of furan rings is 1. The van der Waals surface area contributed by atoms with Gasteiger partial charge in [0.2, 0.25) is 0 Å². The predicted molar refractivity (Wildman–Crippen MR) is 236 cm³/mol. The van der Waals surface area contributed by atoms with E-state index < -0.39 is 0 Å². The molecule has 0 radical (unpaired) electrons. The topological polar surface area (TPSA) is 29.3 Å². The van der Waals surface area contributed by atoms with Gasteiger partial charge in [-0.25, -0.2) is 0 Å². The Labute approximate surface area is 325 Å². The van der Waals surface area contributed by atoms with Gasteiger partial charge in [-0.2, -0.15) is 0 Å². The smallest absolute Gasteiger partial charge is 0.155 e. The van der Waals surface area contributed by atoms with Crippen molar-refractivity contribution in [3.8, 4) is 22.3 Å². The third-order valence-electron chi connectivity index (χ3n) is 11.3. The number of hydrogen-bond acceptors (Lipinski definition) is 3. The summed E-state index contributed by atoms with van der Waals surface area (Å²) in [6.07, 6.45) is 12.9. The van der Waals surface area contributed by atoms with E-state index in [1.165, 1.54) is 60.3 Å². The van der Waals surface area contributed by atoms with Crippen LogP contribution < -0.4 is 4.90 Å². The maximum Gasteiger partial charge on any atom is 0.155 e. The van der Waals surface area contributed by atoms with Gasteiger partial charge in [0.25, 0.3) is 0 Å². The van der Waals surface area contributed by atoms with Crippen LogP contribution in [0.3, 0.4) is 0 Å². The van der Waals surface area contributed by atoms with Crippen LogP contribution in [0.1, 0.15) is 18.4 Å². The number of hydrogen-bond donors (Lipinski definition) is 0. The maximum atomic E-state index is 6.52. The number of pyridine rings is 1. The number of benzene rings is 8. The lowest BCUT2D eigenvalue weighted by Gasteiger charge is -2.26. The van der Waals surface area contributed by atoms with E-state index in [4.69, 9.17) is 9.40 Å². The van der Waals surface area contributed by atoms with E-state index in [2.05, 4.69) is 187 Å². The number of anilines is 3. The van der Waals surface area contributed by atoms with E-state index in [1.807, 2.05) is 12.4 Å². The van der Waals surface area contributed by atoms with Gasteiger partial charge < -0.3 is 9.32 Å². The van der Waals surface area contributed by atoms with Gasteiger partial charge in [-0.05, 0) is 127 Å². The number of nitrogens with zero attached hydrogens (tertiary/aromatic N) is 2. The van der Waals surface area contributed by atoms with Crippen LogP contribution in [0.5, 0.6) is 0 Å². The molecular weight excluding hydrogens is 681 g/mol. The second-order valence-corrected chi connectivity index (χ2v) is 14.7. The second-order valence-electron chi connectivity index (χ2n) is 14.7. The van der Waals surface area contributed by atoms with Crippen LogP contribution in [0.15, 0.2) is 199 Å². The van der Waals surface area contributed by atoms with Crippen LogP contribution in [0, 0.1) is 0 Å². The normalized spacial score (nSPS) is 12.9. The Hall–Kier alpha value is -7.23. The lowest BCUT2D eigenvalue weighted by atomic mass is 9.91. The zero-order chi connectivity index (χ0) is 37.0. The highest BCUT2D eigenvalue weighted by Gasteiger charge is 2.21. The first-order valence-corrected chi connectivity index (χ1v) is 19.3. The molecule has 3 nitrogen and oxygen atoms in total. The van der Waals surface area contributed by atoms with Crippen molar-refractivity contribution in [2.24, 2.45) is 0 Å². The first-order chi connectivity index (χ1) is 27.7. The van der Waals surface area contributed by atoms with Crippen LogP contribution in [-0.4, -0.2) is 4.98 Å². The Kier molecular flexibility index (Phi) is 7.63. The standard InChI is InChI=1S/C53H36N2O/c1-2-11-35(12-3-1)42-29-41-16-7-9-19-47(41)48(31-42)38-23-27-44(28-24-38)55(43-25-21-37(22-26-43)46-20-10-17-36-13-6-8-18-45(36)46)50-33-54-34-52-53(50)49-30-39-14-4-5-15-40(39)32-51(49)56-52/h2,4-34H,1,3H2. The summed E-state index contributed by atoms with van der Waals surface area (Å²) < 4.78 is 6.52. The minimum Gasteiger partial charge on any atom is -0.454 e. The Morgan fingerprint density at radius 1 is 0.464 bits per heavy atom. The van der Waals surface area contributed by atoms with Crippen LogP contribution in [0.2, 0.25) is 0 Å². The van der Waals surface area contributed by atoms with Crippen molar-refractivity contribution in [3.63, 3.8) is 0 Å². The first kappa shape index (κ1) is 32.2. The fourth-order valence-corrected chi connectivity index (χ4v) is 8.59. The molecule has 56 heavy (non-hydrogen) atoms. The van der Waals surface area contributed by atoms with E-state index in [0.29, 0.717) is 0 Å². The summed E-state index contributed by atoms with van der Waals surface area (Å²) in [5.41, 5.74) is 12.0. The molecule has 1 aliphatic rings. The minimum absolute atomic E-state index is 0.760. The highest BCUT2D eigenvalue weighted by Crippen LogP contribution is 2.44. The van der Waals surface area contributed by atoms with Gasteiger partial charge in [0.15, 0.2) is 5.58 Å². The monoisotopic (exact) mass is 716 g/mol. The van der Waals surface area contributed by atoms with Crippen molar-refractivity contribution in [1.29, 1.82) is 0 Å². The van der Waals surface area contributed by atoms with Crippen molar-refractivity contribution in [3.05, 3.63) is 200 Å². The molecule has 0 amide bonds. The summed E-state index contributed by atoms with van der Waals surface area (Å²) in [5, 5.41) is 9.40. The SMILES string of the molecule is C1=CC(c2cc(-c3ccc(N(c4ccc(-c5cccc6ccccc56)cc4)c4cncc5oc6cc7ccccc7cc6c45)cc3)c3ccccc3c2)=CCC1. The van der Waals surface area contributed by atoms with Gasteiger partial charge in [-0.1, -0.05) is 133 Å². The Morgan fingerprint density at radius 3 is 1.84 bits per heavy atom. The summed E-state index contributed by atoms with van der Waals surface area (Å²) in [5.74, 6) is 0. The lowest BCUT2D eigenvalue weighted by molar-refractivity contribution is 0.667. The van der Waals surface area contributed by atoms with Crippen LogP contribution in [0.4, 0.5) is 17.1 Å². The molecule has 0 atom stereocenters. The second kappa shape index (κ2) is 13.3. The maximum absolute atomic E-state index is 6.52. The van der Waals surface area contributed by atoms with Crippen LogP contribution >= 0.6 is 0 Å². The van der Waals surface area contributed by atoms with E-state index in [1.54, 1.807) is 0 Å². The molecule has 0 aliphatic heterocycles. The van der Waals surface area contributed by atoms with E-state index in [-0.39, 0.29) is 0 Å². The van der Waals surface area contributed by atoms with Crippen molar-refractivity contribution < 1.29 is 4.42 Å². The highest BCUT2D eigenvalue weighted by atomic mass is 16.3. The molecule has 3 heteroatoms. The quantitative estimate of drug-likeness (QED) is 0.172. The summed E-state index contributed by atoms with van der Waals surface area (Å²) in [6.45, 7) is 0. The predicted octanol–water partition coefficient (Wildman–Crippen LogP) is 15.0. The number of rotatable bonds is 6. The third kappa shape index (κ3) is 5.48. The van der Waals surface area contributed by atoms with Crippen LogP contribution in [-0.2, 0) is 0 Å². The van der Waals surface area contributed by atoms with E-state index in [9.17, 15) is 0 Å². The zero-order valence-electron chi connectivity index (χ0n) is 30.7. The fourth-order valence-electron chi connectivity index (χ4n) is 8.59. The number of fused-ring (bicyclic) bond motifs is 6. The van der Waals surface area contributed by atoms with Gasteiger partial charge in [0.1, 0.15) is 5.58 Å². The van der Waals surface area contributed by atoms with Gasteiger partial charge in [-0.3, -0.25) is 4.98 Å². The van der Waals surface area contributed by atoms with Crippen LogP contribution in [0.25, 0.3) is 82.1 Å². The molecule has 0 saturated carbocycles. The Morgan fingerprint density at radius 2 is 1.11 bits per heavy atom. The molecule has 10 aromatic rings. The third-order valence-corrected chi connectivity index (χ3v) is 11.3. The molecule has 264 valence electrons. The molecule has 2 heterocycles. The van der Waals surface area contributed by atoms with Gasteiger partial charge in [0.05, 0.1) is 23.5 Å². The Bertz CT molecular complexity index is 3180. The minimum atomic E-state index is 0.760. The molecule has 8 aromatic carbocycles.